The number of aliphatic imine (C=N–C) groups is 1. The first-order valence-corrected chi connectivity index (χ1v) is 9.50. The molecule has 0 aliphatic rings. The summed E-state index contributed by atoms with van der Waals surface area (Å²) in [6.07, 6.45) is 3.12. The summed E-state index contributed by atoms with van der Waals surface area (Å²) in [5.74, 6) is 8.66. The average Bonchev–Trinajstić information content (AvgIpc) is 3.03. The fourth-order valence-corrected chi connectivity index (χ4v) is 1.81. The molecule has 1 heterocycles. The Hall–Kier alpha value is -2.99. The Balaban J connectivity index is 0. The van der Waals surface area contributed by atoms with Gasteiger partial charge in [0.1, 0.15) is 12.1 Å². The molecule has 16 nitrogen and oxygen atoms in total. The van der Waals surface area contributed by atoms with Gasteiger partial charge in [-0.05, 0) is 44.4 Å². The van der Waals surface area contributed by atoms with E-state index in [1.807, 2.05) is 0 Å². The summed E-state index contributed by atoms with van der Waals surface area (Å²) in [6, 6.07) is -1.54. The Kier molecular flexibility index (Phi) is 17.4. The Bertz CT molecular complexity index is 718. The molecule has 0 bridgehead atoms. The van der Waals surface area contributed by atoms with Crippen molar-refractivity contribution in [1.29, 1.82) is 0 Å². The summed E-state index contributed by atoms with van der Waals surface area (Å²) >= 11 is 4.66. The molecule has 1 aromatic rings. The molecule has 0 fully saturated rings. The van der Waals surface area contributed by atoms with Crippen LogP contribution >= 0.6 is 12.2 Å². The fraction of sp³-hybridized carbons (Fsp3) is 0.643. The summed E-state index contributed by atoms with van der Waals surface area (Å²) in [7, 11) is 0. The molecule has 0 aliphatic heterocycles. The molecule has 18 N–H and O–H groups in total. The second kappa shape index (κ2) is 17.8. The number of guanidine groups is 1. The van der Waals surface area contributed by atoms with Crippen molar-refractivity contribution in [2.75, 3.05) is 24.4 Å². The van der Waals surface area contributed by atoms with E-state index in [0.29, 0.717) is 43.1 Å². The molecule has 0 amide bonds. The topological polar surface area (TPSA) is 315 Å². The van der Waals surface area contributed by atoms with E-state index in [1.165, 1.54) is 0 Å². The SMILES string of the molecule is NC(N)=NCCCC(N)C(=O)O.NCCCCC(N)C(=O)O.NNc1n[nH]c(=S)n1N. The summed E-state index contributed by atoms with van der Waals surface area (Å²) in [6.45, 7) is 1.02. The van der Waals surface area contributed by atoms with E-state index in [9.17, 15) is 9.59 Å². The number of nitrogens with two attached hydrogens (primary N) is 7. The molecule has 0 aliphatic carbocycles. The van der Waals surface area contributed by atoms with E-state index in [-0.39, 0.29) is 5.96 Å². The highest BCUT2D eigenvalue weighted by atomic mass is 32.1. The zero-order chi connectivity index (χ0) is 24.4. The van der Waals surface area contributed by atoms with Crippen LogP contribution < -0.4 is 45.8 Å². The first-order chi connectivity index (χ1) is 14.5. The van der Waals surface area contributed by atoms with Crippen LogP contribution in [0.3, 0.4) is 0 Å². The number of aliphatic carboxylic acids is 2. The van der Waals surface area contributed by atoms with Gasteiger partial charge >= 0.3 is 11.9 Å². The lowest BCUT2D eigenvalue weighted by molar-refractivity contribution is -0.139. The fourth-order valence-electron chi connectivity index (χ4n) is 1.68. The van der Waals surface area contributed by atoms with Crippen LogP contribution in [0, 0.1) is 4.77 Å². The molecule has 180 valence electrons. The molecule has 0 saturated heterocycles. The first-order valence-electron chi connectivity index (χ1n) is 9.09. The van der Waals surface area contributed by atoms with Crippen molar-refractivity contribution >= 4 is 36.1 Å². The number of aromatic nitrogens is 3. The van der Waals surface area contributed by atoms with E-state index in [4.69, 9.17) is 50.6 Å². The predicted octanol–water partition coefficient (Wildman–Crippen LogP) is -3.08. The summed E-state index contributed by atoms with van der Waals surface area (Å²) < 4.78 is 1.46. The van der Waals surface area contributed by atoms with E-state index >= 15 is 0 Å². The maximum Gasteiger partial charge on any atom is 0.320 e. The van der Waals surface area contributed by atoms with E-state index in [0.717, 1.165) is 17.5 Å². The van der Waals surface area contributed by atoms with Gasteiger partial charge in [-0.2, -0.15) is 0 Å². The Morgan fingerprint density at radius 3 is 1.97 bits per heavy atom. The van der Waals surface area contributed by atoms with Gasteiger partial charge in [0, 0.05) is 6.54 Å². The highest BCUT2D eigenvalue weighted by molar-refractivity contribution is 7.71. The predicted molar refractivity (Wildman–Crippen MR) is 119 cm³/mol. The van der Waals surface area contributed by atoms with Crippen molar-refractivity contribution in [3.8, 4) is 0 Å². The van der Waals surface area contributed by atoms with Gasteiger partial charge < -0.3 is 44.7 Å². The third kappa shape index (κ3) is 16.5. The average molecular weight is 467 g/mol. The van der Waals surface area contributed by atoms with Crippen LogP contribution in [0.1, 0.15) is 32.1 Å². The number of carboxylic acids is 2. The van der Waals surface area contributed by atoms with Crippen molar-refractivity contribution in [3.63, 3.8) is 0 Å². The number of nitrogens with one attached hydrogen (secondary N) is 2. The van der Waals surface area contributed by atoms with Crippen LogP contribution in [0.25, 0.3) is 0 Å². The van der Waals surface area contributed by atoms with Crippen molar-refractivity contribution in [2.45, 2.75) is 44.2 Å². The first kappa shape index (κ1) is 30.2. The third-order valence-electron chi connectivity index (χ3n) is 3.40. The molecule has 0 radical (unpaired) electrons. The number of nitrogen functional groups attached to an aromatic ring is 2. The van der Waals surface area contributed by atoms with Crippen molar-refractivity contribution in [1.82, 2.24) is 14.9 Å². The number of nitrogens with zero attached hydrogens (tertiary/aromatic N) is 3. The Labute approximate surface area is 184 Å². The number of unbranched alkanes of at least 4 members (excludes halogenated alkanes) is 1. The van der Waals surface area contributed by atoms with Crippen LogP contribution in [0.2, 0.25) is 0 Å². The minimum absolute atomic E-state index is 0.0129. The van der Waals surface area contributed by atoms with Crippen LogP contribution in [-0.4, -0.2) is 68.2 Å². The van der Waals surface area contributed by atoms with Crippen molar-refractivity contribution < 1.29 is 19.8 Å². The molecule has 0 spiro atoms. The molecule has 0 saturated carbocycles. The van der Waals surface area contributed by atoms with Crippen LogP contribution in [0.5, 0.6) is 0 Å². The quantitative estimate of drug-likeness (QED) is 0.0384. The molecular weight excluding hydrogens is 432 g/mol. The smallest absolute Gasteiger partial charge is 0.320 e. The molecule has 2 atom stereocenters. The molecule has 0 aromatic carbocycles. The van der Waals surface area contributed by atoms with Crippen molar-refractivity contribution in [3.05, 3.63) is 4.77 Å². The number of hydrazine groups is 1. The van der Waals surface area contributed by atoms with E-state index < -0.39 is 24.0 Å². The molecular formula is C14H34N12O4S. The van der Waals surface area contributed by atoms with E-state index in [1.54, 1.807) is 0 Å². The Morgan fingerprint density at radius 2 is 1.65 bits per heavy atom. The lowest BCUT2D eigenvalue weighted by atomic mass is 10.1. The summed E-state index contributed by atoms with van der Waals surface area (Å²) in [5, 5.41) is 22.8. The standard InChI is InChI=1S/C6H14N4O2.C6H14N2O2.C2H6N6S/c7-4(5(11)12)2-1-3-10-6(8)9;7-4-2-1-3-5(8)6(9)10;3-5-1-6-7-2(9)8(1)4/h4H,1-3,7H2,(H,11,12)(H4,8,9,10);5H,1-4,7-8H2,(H,9,10);3-4H2,(H,5,6)(H,7,9). The number of hydrogen-bond acceptors (Lipinski definition) is 11. The van der Waals surface area contributed by atoms with Gasteiger partial charge in [0.15, 0.2) is 5.96 Å². The number of carboxylic acid groups (broad SMARTS) is 2. The monoisotopic (exact) mass is 466 g/mol. The van der Waals surface area contributed by atoms with Gasteiger partial charge in [0.25, 0.3) is 5.95 Å². The maximum absolute atomic E-state index is 10.2. The number of aromatic amines is 1. The van der Waals surface area contributed by atoms with Crippen LogP contribution in [0.15, 0.2) is 4.99 Å². The molecule has 2 unspecified atom stereocenters. The number of anilines is 1. The van der Waals surface area contributed by atoms with Gasteiger partial charge in [-0.25, -0.2) is 15.6 Å². The van der Waals surface area contributed by atoms with E-state index in [2.05, 4.69) is 32.8 Å². The number of H-pyrrole nitrogens is 1. The lowest BCUT2D eigenvalue weighted by Crippen LogP contribution is -2.30. The third-order valence-corrected chi connectivity index (χ3v) is 3.69. The minimum atomic E-state index is -1.00. The highest BCUT2D eigenvalue weighted by Crippen LogP contribution is 1.97. The maximum atomic E-state index is 10.2. The second-order valence-electron chi connectivity index (χ2n) is 5.99. The molecule has 17 heteroatoms. The molecule has 1 rings (SSSR count). The lowest BCUT2D eigenvalue weighted by Gasteiger charge is -2.03. The zero-order valence-electron chi connectivity index (χ0n) is 17.1. The van der Waals surface area contributed by atoms with Gasteiger partial charge in [-0.3, -0.25) is 20.0 Å². The number of rotatable bonds is 11. The number of carbonyl (C=O) groups is 2. The second-order valence-corrected chi connectivity index (χ2v) is 6.38. The number of hydrogen-bond donors (Lipinski definition) is 11. The van der Waals surface area contributed by atoms with Crippen LogP contribution in [0.4, 0.5) is 5.95 Å². The highest BCUT2D eigenvalue weighted by Gasteiger charge is 2.10. The van der Waals surface area contributed by atoms with Crippen molar-refractivity contribution in [2.24, 2.45) is 39.5 Å². The van der Waals surface area contributed by atoms with Gasteiger partial charge in [0.2, 0.25) is 4.77 Å². The zero-order valence-corrected chi connectivity index (χ0v) is 17.9. The van der Waals surface area contributed by atoms with Gasteiger partial charge in [0.05, 0.1) is 0 Å². The summed E-state index contributed by atoms with van der Waals surface area (Å²) in [5.41, 5.74) is 28.0. The largest absolute Gasteiger partial charge is 0.480 e. The van der Waals surface area contributed by atoms with Gasteiger partial charge in [-0.1, -0.05) is 6.42 Å². The van der Waals surface area contributed by atoms with Crippen LogP contribution in [-0.2, 0) is 9.59 Å². The van der Waals surface area contributed by atoms with Gasteiger partial charge in [-0.15, -0.1) is 5.10 Å². The normalized spacial score (nSPS) is 11.6. The molecule has 1 aromatic heterocycles. The molecule has 31 heavy (non-hydrogen) atoms. The Morgan fingerprint density at radius 1 is 1.13 bits per heavy atom. The summed E-state index contributed by atoms with van der Waals surface area (Å²) in [4.78, 5) is 24.0. The minimum Gasteiger partial charge on any atom is -0.480 e.